The molecule has 0 saturated heterocycles. The van der Waals surface area contributed by atoms with Gasteiger partial charge in [-0.2, -0.15) is 5.10 Å². The number of imidazole rings is 1. The number of benzene rings is 1. The highest BCUT2D eigenvalue weighted by molar-refractivity contribution is 5.83. The summed E-state index contributed by atoms with van der Waals surface area (Å²) in [4.78, 5) is 20.6. The number of H-pyrrole nitrogens is 1. The number of fused-ring (bicyclic) bond motifs is 2. The van der Waals surface area contributed by atoms with Gasteiger partial charge in [-0.05, 0) is 43.7 Å². The van der Waals surface area contributed by atoms with Crippen molar-refractivity contribution in [2.24, 2.45) is 5.92 Å². The number of amides is 1. The Labute approximate surface area is 150 Å². The summed E-state index contributed by atoms with van der Waals surface area (Å²) >= 11 is 0. The average Bonchev–Trinajstić information content (AvgIpc) is 3.14. The highest BCUT2D eigenvalue weighted by atomic mass is 16.2. The number of pyridine rings is 1. The summed E-state index contributed by atoms with van der Waals surface area (Å²) in [5, 5.41) is 7.63. The quantitative estimate of drug-likeness (QED) is 0.596. The third kappa shape index (κ3) is 2.54. The predicted octanol–water partition coefficient (Wildman–Crippen LogP) is 3.19. The van der Waals surface area contributed by atoms with Crippen LogP contribution in [0.15, 0.2) is 54.7 Å². The van der Waals surface area contributed by atoms with Gasteiger partial charge >= 0.3 is 0 Å². The number of para-hydroxylation sites is 2. The molecule has 1 unspecified atom stereocenters. The lowest BCUT2D eigenvalue weighted by Crippen LogP contribution is -2.28. The fourth-order valence-electron chi connectivity index (χ4n) is 3.50. The molecule has 0 radical (unpaired) electrons. The number of nitrogens with zero attached hydrogens (tertiary/aromatic N) is 3. The maximum Gasteiger partial charge on any atom is 0.224 e. The lowest BCUT2D eigenvalue weighted by molar-refractivity contribution is -0.123. The van der Waals surface area contributed by atoms with Gasteiger partial charge in [0.1, 0.15) is 5.82 Å². The zero-order valence-corrected chi connectivity index (χ0v) is 14.4. The van der Waals surface area contributed by atoms with Gasteiger partial charge in [0.2, 0.25) is 5.91 Å². The summed E-state index contributed by atoms with van der Waals surface area (Å²) in [5.74, 6) is 1.14. The van der Waals surface area contributed by atoms with Gasteiger partial charge < -0.3 is 10.3 Å². The minimum absolute atomic E-state index is 0.0185. The van der Waals surface area contributed by atoms with Crippen molar-refractivity contribution in [1.82, 2.24) is 24.9 Å². The molecule has 5 rings (SSSR count). The van der Waals surface area contributed by atoms with Crippen LogP contribution >= 0.6 is 0 Å². The third-order valence-corrected chi connectivity index (χ3v) is 5.08. The third-order valence-electron chi connectivity index (χ3n) is 5.08. The number of carbonyl (C=O) groups is 1. The van der Waals surface area contributed by atoms with E-state index < -0.39 is 0 Å². The van der Waals surface area contributed by atoms with Gasteiger partial charge in [0.05, 0.1) is 28.3 Å². The van der Waals surface area contributed by atoms with Gasteiger partial charge in [0.25, 0.3) is 0 Å². The summed E-state index contributed by atoms with van der Waals surface area (Å²) < 4.78 is 1.83. The Bertz CT molecular complexity index is 1050. The topological polar surface area (TPSA) is 75.1 Å². The van der Waals surface area contributed by atoms with Crippen molar-refractivity contribution in [3.05, 3.63) is 66.2 Å². The van der Waals surface area contributed by atoms with Crippen LogP contribution in [-0.4, -0.2) is 25.5 Å². The van der Waals surface area contributed by atoms with Crippen molar-refractivity contribution in [2.75, 3.05) is 0 Å². The molecule has 1 aliphatic rings. The molecule has 1 aromatic carbocycles. The number of rotatable bonds is 4. The van der Waals surface area contributed by atoms with Crippen LogP contribution in [0.3, 0.4) is 0 Å². The van der Waals surface area contributed by atoms with Crippen molar-refractivity contribution in [2.45, 2.75) is 25.3 Å². The Balaban J connectivity index is 1.28. The van der Waals surface area contributed by atoms with E-state index in [1.807, 2.05) is 66.2 Å². The van der Waals surface area contributed by atoms with E-state index in [1.54, 1.807) is 0 Å². The van der Waals surface area contributed by atoms with E-state index in [0.717, 1.165) is 34.5 Å². The molecule has 0 bridgehead atoms. The molecule has 1 aliphatic carbocycles. The van der Waals surface area contributed by atoms with Gasteiger partial charge in [-0.1, -0.05) is 18.2 Å². The van der Waals surface area contributed by atoms with Gasteiger partial charge in [-0.15, -0.1) is 0 Å². The smallest absolute Gasteiger partial charge is 0.224 e. The molecule has 3 heterocycles. The predicted molar refractivity (Wildman–Crippen MR) is 98.7 cm³/mol. The van der Waals surface area contributed by atoms with E-state index in [1.165, 1.54) is 0 Å². The number of carbonyl (C=O) groups excluding carboxylic acids is 1. The molecule has 130 valence electrons. The number of hydrogen-bond donors (Lipinski definition) is 2. The molecule has 0 spiro atoms. The molecule has 1 amide bonds. The zero-order chi connectivity index (χ0) is 17.7. The molecule has 1 fully saturated rings. The van der Waals surface area contributed by atoms with Crippen molar-refractivity contribution in [3.8, 4) is 0 Å². The second kappa shape index (κ2) is 5.69. The summed E-state index contributed by atoms with van der Waals surface area (Å²) in [7, 11) is 0. The normalized spacial score (nSPS) is 20.3. The number of nitrogens with one attached hydrogen (secondary N) is 2. The molecule has 4 aromatic rings. The van der Waals surface area contributed by atoms with Crippen molar-refractivity contribution < 1.29 is 4.79 Å². The van der Waals surface area contributed by atoms with E-state index in [4.69, 9.17) is 0 Å². The van der Waals surface area contributed by atoms with Crippen LogP contribution < -0.4 is 5.32 Å². The summed E-state index contributed by atoms with van der Waals surface area (Å²) in [6.45, 7) is 1.97. The van der Waals surface area contributed by atoms with Crippen molar-refractivity contribution in [3.63, 3.8) is 0 Å². The lowest BCUT2D eigenvalue weighted by atomic mass is 10.2. The van der Waals surface area contributed by atoms with Gasteiger partial charge in [-0.3, -0.25) is 4.79 Å². The minimum atomic E-state index is -0.126. The average molecular weight is 345 g/mol. The highest BCUT2D eigenvalue weighted by Gasteiger charge is 2.46. The van der Waals surface area contributed by atoms with Gasteiger partial charge in [0, 0.05) is 18.0 Å². The first-order valence-corrected chi connectivity index (χ1v) is 8.88. The molecular weight excluding hydrogens is 326 g/mol. The highest BCUT2D eigenvalue weighted by Crippen LogP contribution is 2.47. The van der Waals surface area contributed by atoms with Gasteiger partial charge in [0.15, 0.2) is 0 Å². The van der Waals surface area contributed by atoms with Crippen molar-refractivity contribution >= 4 is 22.5 Å². The first-order chi connectivity index (χ1) is 12.7. The summed E-state index contributed by atoms with van der Waals surface area (Å²) in [5.41, 5.74) is 3.86. The number of hydrogen-bond acceptors (Lipinski definition) is 3. The van der Waals surface area contributed by atoms with E-state index in [0.29, 0.717) is 0 Å². The lowest BCUT2D eigenvalue weighted by Gasteiger charge is -2.11. The van der Waals surface area contributed by atoms with E-state index in [2.05, 4.69) is 20.4 Å². The van der Waals surface area contributed by atoms with Crippen LogP contribution in [0.4, 0.5) is 0 Å². The van der Waals surface area contributed by atoms with Crippen LogP contribution in [0, 0.1) is 5.92 Å². The Kier molecular flexibility index (Phi) is 3.31. The Morgan fingerprint density at radius 3 is 2.96 bits per heavy atom. The Hall–Kier alpha value is -3.15. The van der Waals surface area contributed by atoms with Crippen LogP contribution in [-0.2, 0) is 4.79 Å². The summed E-state index contributed by atoms with van der Waals surface area (Å²) in [6.07, 6.45) is 2.75. The van der Waals surface area contributed by atoms with E-state index >= 15 is 0 Å². The Morgan fingerprint density at radius 1 is 1.27 bits per heavy atom. The fraction of sp³-hybridized carbons (Fsp3) is 0.250. The monoisotopic (exact) mass is 345 g/mol. The molecular formula is C20H19N5O. The van der Waals surface area contributed by atoms with Crippen LogP contribution in [0.2, 0.25) is 0 Å². The van der Waals surface area contributed by atoms with Crippen LogP contribution in [0.5, 0.6) is 0 Å². The Morgan fingerprint density at radius 2 is 2.12 bits per heavy atom. The first kappa shape index (κ1) is 15.1. The zero-order valence-electron chi connectivity index (χ0n) is 14.4. The molecule has 26 heavy (non-hydrogen) atoms. The van der Waals surface area contributed by atoms with Gasteiger partial charge in [-0.25, -0.2) is 9.50 Å². The van der Waals surface area contributed by atoms with E-state index in [-0.39, 0.29) is 23.8 Å². The van der Waals surface area contributed by atoms with Crippen molar-refractivity contribution in [1.29, 1.82) is 0 Å². The van der Waals surface area contributed by atoms with E-state index in [9.17, 15) is 4.79 Å². The molecule has 6 nitrogen and oxygen atoms in total. The van der Waals surface area contributed by atoms with Crippen LogP contribution in [0.25, 0.3) is 16.6 Å². The number of aromatic amines is 1. The first-order valence-electron chi connectivity index (χ1n) is 8.88. The second-order valence-corrected chi connectivity index (χ2v) is 6.96. The summed E-state index contributed by atoms with van der Waals surface area (Å²) in [6, 6.07) is 15.8. The number of aromatic nitrogens is 4. The molecule has 6 heteroatoms. The molecule has 3 aromatic heterocycles. The fourth-order valence-corrected chi connectivity index (χ4v) is 3.50. The SMILES string of the molecule is CC(NC(=O)[C@H]1C[C@@H]1c1nc2ccccc2[nH]1)c1cc2ccccn2n1. The molecule has 0 aliphatic heterocycles. The molecule has 2 N–H and O–H groups in total. The minimum Gasteiger partial charge on any atom is -0.348 e. The largest absolute Gasteiger partial charge is 0.348 e. The van der Waals surface area contributed by atoms with Crippen LogP contribution in [0.1, 0.15) is 36.8 Å². The molecule has 1 saturated carbocycles. The second-order valence-electron chi connectivity index (χ2n) is 6.96. The maximum absolute atomic E-state index is 12.6. The standard InChI is InChI=1S/C20H19N5O/c1-12(18-10-13-6-4-5-9-25(13)24-18)21-20(26)15-11-14(15)19-22-16-7-2-3-8-17(16)23-19/h2-10,12,14-15H,11H2,1H3,(H,21,26)(H,22,23)/t12?,14-,15-/m0/s1. The molecule has 3 atom stereocenters. The maximum atomic E-state index is 12.6.